The number of pyridine rings is 1. The molecule has 0 radical (unpaired) electrons. The molecule has 27 heavy (non-hydrogen) atoms. The summed E-state index contributed by atoms with van der Waals surface area (Å²) >= 11 is 0. The molecular weight excluding hydrogens is 338 g/mol. The highest BCUT2D eigenvalue weighted by Gasteiger charge is 2.12. The Morgan fingerprint density at radius 3 is 2.63 bits per heavy atom. The second-order valence-electron chi connectivity index (χ2n) is 7.05. The van der Waals surface area contributed by atoms with E-state index in [1.165, 1.54) is 32.4 Å². The summed E-state index contributed by atoms with van der Waals surface area (Å²) < 4.78 is 1.83. The SMILES string of the molecule is NC(=O)c1cccn2cc(-c3ccc(NCCN4CCCCC4)cc3)nc12. The molecule has 1 amide bonds. The molecule has 140 valence electrons. The summed E-state index contributed by atoms with van der Waals surface area (Å²) in [4.78, 5) is 18.7. The van der Waals surface area contributed by atoms with Gasteiger partial charge in [0.1, 0.15) is 5.65 Å². The van der Waals surface area contributed by atoms with E-state index in [0.29, 0.717) is 11.2 Å². The lowest BCUT2D eigenvalue weighted by atomic mass is 10.1. The molecule has 0 aliphatic carbocycles. The molecule has 1 fully saturated rings. The monoisotopic (exact) mass is 363 g/mol. The molecule has 0 unspecified atom stereocenters. The topological polar surface area (TPSA) is 75.7 Å². The normalized spacial score (nSPS) is 15.1. The number of anilines is 1. The lowest BCUT2D eigenvalue weighted by Crippen LogP contribution is -2.33. The first-order valence-corrected chi connectivity index (χ1v) is 9.55. The van der Waals surface area contributed by atoms with Crippen LogP contribution in [-0.4, -0.2) is 46.4 Å². The fourth-order valence-corrected chi connectivity index (χ4v) is 3.64. The number of carbonyl (C=O) groups is 1. The number of nitrogens with zero attached hydrogens (tertiary/aromatic N) is 3. The van der Waals surface area contributed by atoms with E-state index in [9.17, 15) is 4.79 Å². The van der Waals surface area contributed by atoms with Crippen LogP contribution in [0.1, 0.15) is 29.6 Å². The minimum absolute atomic E-state index is 0.430. The summed E-state index contributed by atoms with van der Waals surface area (Å²) in [6.07, 6.45) is 7.81. The van der Waals surface area contributed by atoms with Crippen molar-refractivity contribution >= 4 is 17.2 Å². The molecule has 0 saturated carbocycles. The van der Waals surface area contributed by atoms with E-state index >= 15 is 0 Å². The van der Waals surface area contributed by atoms with Crippen molar-refractivity contribution in [2.45, 2.75) is 19.3 Å². The molecule has 1 aliphatic heterocycles. The van der Waals surface area contributed by atoms with E-state index in [2.05, 4.69) is 39.5 Å². The Morgan fingerprint density at radius 2 is 1.89 bits per heavy atom. The first-order valence-electron chi connectivity index (χ1n) is 9.55. The smallest absolute Gasteiger partial charge is 0.252 e. The molecule has 1 aliphatic rings. The average molecular weight is 363 g/mol. The number of fused-ring (bicyclic) bond motifs is 1. The molecule has 3 heterocycles. The van der Waals surface area contributed by atoms with Crippen LogP contribution >= 0.6 is 0 Å². The number of rotatable bonds is 6. The predicted octanol–water partition coefficient (Wildman–Crippen LogP) is 3.00. The molecule has 6 nitrogen and oxygen atoms in total. The van der Waals surface area contributed by atoms with Crippen molar-refractivity contribution < 1.29 is 4.79 Å². The Labute approximate surface area is 159 Å². The lowest BCUT2D eigenvalue weighted by molar-refractivity contribution is 0.100. The molecule has 3 N–H and O–H groups in total. The first-order chi connectivity index (χ1) is 13.2. The minimum atomic E-state index is -0.467. The Balaban J connectivity index is 1.43. The zero-order valence-corrected chi connectivity index (χ0v) is 15.4. The Morgan fingerprint density at radius 1 is 1.11 bits per heavy atom. The largest absolute Gasteiger partial charge is 0.384 e. The third-order valence-corrected chi connectivity index (χ3v) is 5.13. The minimum Gasteiger partial charge on any atom is -0.384 e. The number of aromatic nitrogens is 2. The van der Waals surface area contributed by atoms with Gasteiger partial charge in [-0.2, -0.15) is 0 Å². The average Bonchev–Trinajstić information content (AvgIpc) is 3.13. The van der Waals surface area contributed by atoms with Gasteiger partial charge in [0.25, 0.3) is 5.91 Å². The van der Waals surface area contributed by atoms with Crippen molar-refractivity contribution in [3.8, 4) is 11.3 Å². The number of hydrogen-bond donors (Lipinski definition) is 2. The molecule has 1 aromatic carbocycles. The Hall–Kier alpha value is -2.86. The summed E-state index contributed by atoms with van der Waals surface area (Å²) in [6, 6.07) is 11.7. The van der Waals surface area contributed by atoms with Crippen molar-refractivity contribution in [1.29, 1.82) is 0 Å². The second-order valence-corrected chi connectivity index (χ2v) is 7.05. The zero-order valence-electron chi connectivity index (χ0n) is 15.4. The van der Waals surface area contributed by atoms with E-state index in [-0.39, 0.29) is 0 Å². The molecule has 0 bridgehead atoms. The number of carbonyl (C=O) groups excluding carboxylic acids is 1. The Kier molecular flexibility index (Phi) is 5.07. The fraction of sp³-hybridized carbons (Fsp3) is 0.333. The van der Waals surface area contributed by atoms with Gasteiger partial charge in [-0.25, -0.2) is 4.98 Å². The summed E-state index contributed by atoms with van der Waals surface area (Å²) in [5, 5.41) is 3.49. The summed E-state index contributed by atoms with van der Waals surface area (Å²) in [5.41, 5.74) is 9.40. The van der Waals surface area contributed by atoms with Gasteiger partial charge in [0.15, 0.2) is 0 Å². The number of primary amides is 1. The highest BCUT2D eigenvalue weighted by atomic mass is 16.1. The van der Waals surface area contributed by atoms with Crippen LogP contribution in [0.4, 0.5) is 5.69 Å². The number of piperidine rings is 1. The molecule has 1 saturated heterocycles. The van der Waals surface area contributed by atoms with Gasteiger partial charge in [-0.1, -0.05) is 18.6 Å². The van der Waals surface area contributed by atoms with Gasteiger partial charge < -0.3 is 20.4 Å². The highest BCUT2D eigenvalue weighted by Crippen LogP contribution is 2.22. The molecule has 3 aromatic rings. The van der Waals surface area contributed by atoms with Crippen LogP contribution in [0.3, 0.4) is 0 Å². The molecule has 2 aromatic heterocycles. The number of imidazole rings is 1. The number of hydrogen-bond acceptors (Lipinski definition) is 4. The van der Waals surface area contributed by atoms with Crippen LogP contribution in [0, 0.1) is 0 Å². The quantitative estimate of drug-likeness (QED) is 0.706. The van der Waals surface area contributed by atoms with Crippen LogP contribution in [0.5, 0.6) is 0 Å². The van der Waals surface area contributed by atoms with Crippen molar-refractivity contribution in [3.63, 3.8) is 0 Å². The van der Waals surface area contributed by atoms with Crippen molar-refractivity contribution in [3.05, 3.63) is 54.4 Å². The maximum atomic E-state index is 11.6. The third-order valence-electron chi connectivity index (χ3n) is 5.13. The van der Waals surface area contributed by atoms with E-state index < -0.39 is 5.91 Å². The van der Waals surface area contributed by atoms with Gasteiger partial charge in [0, 0.05) is 36.7 Å². The van der Waals surface area contributed by atoms with Gasteiger partial charge in [-0.15, -0.1) is 0 Å². The lowest BCUT2D eigenvalue weighted by Gasteiger charge is -2.26. The number of likely N-dealkylation sites (tertiary alicyclic amines) is 1. The molecule has 0 spiro atoms. The van der Waals surface area contributed by atoms with Gasteiger partial charge in [0.05, 0.1) is 11.3 Å². The van der Waals surface area contributed by atoms with E-state index in [1.807, 2.05) is 16.8 Å². The molecule has 6 heteroatoms. The highest BCUT2D eigenvalue weighted by molar-refractivity contribution is 5.98. The van der Waals surface area contributed by atoms with Crippen LogP contribution < -0.4 is 11.1 Å². The van der Waals surface area contributed by atoms with Gasteiger partial charge in [-0.3, -0.25) is 4.79 Å². The summed E-state index contributed by atoms with van der Waals surface area (Å²) in [6.45, 7) is 4.49. The Bertz CT molecular complexity index is 925. The number of benzene rings is 1. The molecular formula is C21H25N5O. The summed E-state index contributed by atoms with van der Waals surface area (Å²) in [5.74, 6) is -0.467. The fourth-order valence-electron chi connectivity index (χ4n) is 3.64. The predicted molar refractivity (Wildman–Crippen MR) is 108 cm³/mol. The van der Waals surface area contributed by atoms with E-state index in [4.69, 9.17) is 5.73 Å². The van der Waals surface area contributed by atoms with Gasteiger partial charge in [-0.05, 0) is 50.2 Å². The maximum absolute atomic E-state index is 11.6. The van der Waals surface area contributed by atoms with Crippen LogP contribution in [0.15, 0.2) is 48.8 Å². The molecule has 4 rings (SSSR count). The number of nitrogens with one attached hydrogen (secondary N) is 1. The first kappa shape index (κ1) is 17.5. The van der Waals surface area contributed by atoms with E-state index in [0.717, 1.165) is 30.0 Å². The van der Waals surface area contributed by atoms with Crippen LogP contribution in [0.2, 0.25) is 0 Å². The number of nitrogens with two attached hydrogens (primary N) is 1. The van der Waals surface area contributed by atoms with Crippen molar-refractivity contribution in [2.24, 2.45) is 5.73 Å². The summed E-state index contributed by atoms with van der Waals surface area (Å²) in [7, 11) is 0. The van der Waals surface area contributed by atoms with Crippen LogP contribution in [0.25, 0.3) is 16.9 Å². The molecule has 0 atom stereocenters. The maximum Gasteiger partial charge on any atom is 0.252 e. The van der Waals surface area contributed by atoms with E-state index in [1.54, 1.807) is 12.1 Å². The van der Waals surface area contributed by atoms with Gasteiger partial charge in [0.2, 0.25) is 0 Å². The third kappa shape index (κ3) is 3.95. The second kappa shape index (κ2) is 7.80. The van der Waals surface area contributed by atoms with Crippen molar-refractivity contribution in [1.82, 2.24) is 14.3 Å². The zero-order chi connectivity index (χ0) is 18.6. The van der Waals surface area contributed by atoms with Crippen LogP contribution in [-0.2, 0) is 0 Å². The standard InChI is InChI=1S/C21H25N5O/c22-20(27)18-5-4-13-26-15-19(24-21(18)26)16-6-8-17(9-7-16)23-10-14-25-11-2-1-3-12-25/h4-9,13,15,23H,1-3,10-12,14H2,(H2,22,27). The van der Waals surface area contributed by atoms with Crippen molar-refractivity contribution in [2.75, 3.05) is 31.5 Å². The number of amides is 1. The van der Waals surface area contributed by atoms with Gasteiger partial charge >= 0.3 is 0 Å².